The van der Waals surface area contributed by atoms with Crippen molar-refractivity contribution in [3.63, 3.8) is 0 Å². The largest absolute Gasteiger partial charge is 0.368 e. The molecule has 1 fully saturated rings. The second kappa shape index (κ2) is 5.27. The lowest BCUT2D eigenvalue weighted by molar-refractivity contribution is -0.385. The van der Waals surface area contributed by atoms with Crippen molar-refractivity contribution in [3.8, 4) is 0 Å². The predicted molar refractivity (Wildman–Crippen MR) is 72.1 cm³/mol. The lowest BCUT2D eigenvalue weighted by atomic mass is 10.1. The predicted octanol–water partition coefficient (Wildman–Crippen LogP) is 0.308. The summed E-state index contributed by atoms with van der Waals surface area (Å²) in [6.07, 6.45) is 1.00. The molecule has 1 aromatic rings. The number of anilines is 2. The lowest BCUT2D eigenvalue weighted by Gasteiger charge is -2.30. The molecule has 9 nitrogen and oxygen atoms in total. The topological polar surface area (TPSA) is 127 Å². The number of hydrogen-bond donors (Lipinski definition) is 2. The van der Waals surface area contributed by atoms with Crippen LogP contribution in [0.25, 0.3) is 0 Å². The zero-order valence-corrected chi connectivity index (χ0v) is 11.3. The van der Waals surface area contributed by atoms with Crippen LogP contribution >= 0.6 is 0 Å². The normalized spacial score (nSPS) is 19.0. The third-order valence-electron chi connectivity index (χ3n) is 3.23. The van der Waals surface area contributed by atoms with E-state index in [9.17, 15) is 14.9 Å². The van der Waals surface area contributed by atoms with Gasteiger partial charge in [0.2, 0.25) is 17.7 Å². The van der Waals surface area contributed by atoms with Crippen LogP contribution in [0.5, 0.6) is 0 Å². The van der Waals surface area contributed by atoms with Crippen LogP contribution in [0.15, 0.2) is 0 Å². The Morgan fingerprint density at radius 1 is 1.50 bits per heavy atom. The molecule has 0 aliphatic carbocycles. The van der Waals surface area contributed by atoms with Crippen LogP contribution in [-0.2, 0) is 4.79 Å². The summed E-state index contributed by atoms with van der Waals surface area (Å²) in [5, 5.41) is 14.1. The Morgan fingerprint density at radius 3 is 2.80 bits per heavy atom. The molecule has 0 saturated carbocycles. The number of likely N-dealkylation sites (tertiary alicyclic amines) is 1. The SMILES string of the molecule is Cc1nc(N)nc(NC2CCC(=O)N(C)C2)c1[N+](=O)[O-]. The van der Waals surface area contributed by atoms with Gasteiger partial charge >= 0.3 is 5.69 Å². The fourth-order valence-electron chi connectivity index (χ4n) is 2.23. The maximum absolute atomic E-state index is 11.4. The number of rotatable bonds is 3. The third-order valence-corrected chi connectivity index (χ3v) is 3.23. The van der Waals surface area contributed by atoms with E-state index in [4.69, 9.17) is 5.73 Å². The Hall–Kier alpha value is -2.45. The first kappa shape index (κ1) is 14.0. The highest BCUT2D eigenvalue weighted by Gasteiger charge is 2.27. The lowest BCUT2D eigenvalue weighted by Crippen LogP contribution is -2.43. The molecular formula is C11H16N6O3. The molecule has 0 spiro atoms. The summed E-state index contributed by atoms with van der Waals surface area (Å²) in [5.41, 5.74) is 5.57. The Balaban J connectivity index is 2.25. The number of nitrogens with zero attached hydrogens (tertiary/aromatic N) is 4. The second-order valence-corrected chi connectivity index (χ2v) is 4.78. The molecular weight excluding hydrogens is 264 g/mol. The van der Waals surface area contributed by atoms with Gasteiger partial charge in [0.15, 0.2) is 0 Å². The number of carbonyl (C=O) groups is 1. The fourth-order valence-corrected chi connectivity index (χ4v) is 2.23. The minimum atomic E-state index is -0.533. The summed E-state index contributed by atoms with van der Waals surface area (Å²) in [5.74, 6) is 0.152. The van der Waals surface area contributed by atoms with Crippen molar-refractivity contribution in [1.82, 2.24) is 14.9 Å². The molecule has 3 N–H and O–H groups in total. The number of likely N-dealkylation sites (N-methyl/N-ethyl adjacent to an activating group) is 1. The highest BCUT2D eigenvalue weighted by Crippen LogP contribution is 2.27. The van der Waals surface area contributed by atoms with Gasteiger partial charge < -0.3 is 16.0 Å². The van der Waals surface area contributed by atoms with Gasteiger partial charge in [-0.1, -0.05) is 0 Å². The summed E-state index contributed by atoms with van der Waals surface area (Å²) in [6.45, 7) is 1.98. The van der Waals surface area contributed by atoms with E-state index >= 15 is 0 Å². The summed E-state index contributed by atoms with van der Waals surface area (Å²) in [6, 6.07) is -0.0925. The van der Waals surface area contributed by atoms with Gasteiger partial charge in [0.05, 0.1) is 4.92 Å². The molecule has 20 heavy (non-hydrogen) atoms. The standard InChI is InChI=1S/C11H16N6O3/c1-6-9(17(19)20)10(15-11(12)13-6)14-7-3-4-8(18)16(2)5-7/h7H,3-5H2,1-2H3,(H3,12,13,14,15). The van der Waals surface area contributed by atoms with E-state index in [1.54, 1.807) is 11.9 Å². The molecule has 0 bridgehead atoms. The van der Waals surface area contributed by atoms with E-state index in [1.165, 1.54) is 6.92 Å². The summed E-state index contributed by atoms with van der Waals surface area (Å²) in [4.78, 5) is 31.3. The Morgan fingerprint density at radius 2 is 2.20 bits per heavy atom. The quantitative estimate of drug-likeness (QED) is 0.602. The average Bonchev–Trinajstić information content (AvgIpc) is 2.32. The molecule has 1 atom stereocenters. The number of aromatic nitrogens is 2. The smallest absolute Gasteiger partial charge is 0.332 e. The molecule has 1 amide bonds. The first-order chi connectivity index (χ1) is 9.38. The van der Waals surface area contributed by atoms with Gasteiger partial charge in [-0.15, -0.1) is 0 Å². The molecule has 0 radical (unpaired) electrons. The van der Waals surface area contributed by atoms with Gasteiger partial charge in [0, 0.05) is 26.1 Å². The van der Waals surface area contributed by atoms with Crippen molar-refractivity contribution in [2.45, 2.75) is 25.8 Å². The average molecular weight is 280 g/mol. The molecule has 1 aliphatic rings. The van der Waals surface area contributed by atoms with Gasteiger partial charge in [0.1, 0.15) is 5.69 Å². The Bertz CT molecular complexity index is 561. The Kier molecular flexibility index (Phi) is 3.68. The minimum Gasteiger partial charge on any atom is -0.368 e. The maximum Gasteiger partial charge on any atom is 0.332 e. The number of amides is 1. The number of nitrogen functional groups attached to an aromatic ring is 1. The van der Waals surface area contributed by atoms with Gasteiger partial charge in [-0.3, -0.25) is 14.9 Å². The molecule has 108 valence electrons. The molecule has 2 rings (SSSR count). The van der Waals surface area contributed by atoms with Crippen molar-refractivity contribution in [2.24, 2.45) is 0 Å². The highest BCUT2D eigenvalue weighted by atomic mass is 16.6. The summed E-state index contributed by atoms with van der Waals surface area (Å²) >= 11 is 0. The van der Waals surface area contributed by atoms with E-state index in [0.717, 1.165) is 0 Å². The highest BCUT2D eigenvalue weighted by molar-refractivity contribution is 5.77. The van der Waals surface area contributed by atoms with Crippen LogP contribution in [0.3, 0.4) is 0 Å². The van der Waals surface area contributed by atoms with Crippen molar-refractivity contribution >= 4 is 23.4 Å². The van der Waals surface area contributed by atoms with Crippen molar-refractivity contribution < 1.29 is 9.72 Å². The third kappa shape index (κ3) is 2.76. The van der Waals surface area contributed by atoms with E-state index in [0.29, 0.717) is 19.4 Å². The summed E-state index contributed by atoms with van der Waals surface area (Å²) < 4.78 is 0. The number of hydrogen-bond acceptors (Lipinski definition) is 7. The maximum atomic E-state index is 11.4. The number of piperidine rings is 1. The van der Waals surface area contributed by atoms with E-state index in [-0.39, 0.29) is 35.1 Å². The van der Waals surface area contributed by atoms with Gasteiger partial charge in [0.25, 0.3) is 0 Å². The zero-order valence-electron chi connectivity index (χ0n) is 11.3. The van der Waals surface area contributed by atoms with E-state index < -0.39 is 4.92 Å². The molecule has 0 aromatic carbocycles. The number of carbonyl (C=O) groups excluding carboxylic acids is 1. The number of nitrogens with one attached hydrogen (secondary N) is 1. The molecule has 9 heteroatoms. The summed E-state index contributed by atoms with van der Waals surface area (Å²) in [7, 11) is 1.70. The van der Waals surface area contributed by atoms with Gasteiger partial charge in [-0.2, -0.15) is 4.98 Å². The first-order valence-electron chi connectivity index (χ1n) is 6.17. The number of aryl methyl sites for hydroxylation is 1. The van der Waals surface area contributed by atoms with Crippen molar-refractivity contribution in [3.05, 3.63) is 15.8 Å². The van der Waals surface area contributed by atoms with Crippen LogP contribution < -0.4 is 11.1 Å². The minimum absolute atomic E-state index is 0.0177. The van der Waals surface area contributed by atoms with E-state index in [1.807, 2.05) is 0 Å². The number of nitrogens with two attached hydrogens (primary N) is 1. The van der Waals surface area contributed by atoms with Crippen LogP contribution in [-0.4, -0.2) is 45.3 Å². The van der Waals surface area contributed by atoms with Crippen molar-refractivity contribution in [1.29, 1.82) is 0 Å². The van der Waals surface area contributed by atoms with Crippen LogP contribution in [0, 0.1) is 17.0 Å². The van der Waals surface area contributed by atoms with Gasteiger partial charge in [-0.05, 0) is 13.3 Å². The fraction of sp³-hybridized carbons (Fsp3) is 0.545. The van der Waals surface area contributed by atoms with Gasteiger partial charge in [-0.25, -0.2) is 4.98 Å². The van der Waals surface area contributed by atoms with Crippen LogP contribution in [0.1, 0.15) is 18.5 Å². The first-order valence-corrected chi connectivity index (χ1v) is 6.17. The zero-order chi connectivity index (χ0) is 14.9. The van der Waals surface area contributed by atoms with E-state index in [2.05, 4.69) is 15.3 Å². The molecule has 1 aliphatic heterocycles. The van der Waals surface area contributed by atoms with Crippen LogP contribution in [0.4, 0.5) is 17.5 Å². The molecule has 1 saturated heterocycles. The van der Waals surface area contributed by atoms with Crippen LogP contribution in [0.2, 0.25) is 0 Å². The molecule has 1 unspecified atom stereocenters. The van der Waals surface area contributed by atoms with Crippen molar-refractivity contribution in [2.75, 3.05) is 24.6 Å². The molecule has 2 heterocycles. The number of nitro groups is 1. The Labute approximate surface area is 115 Å². The monoisotopic (exact) mass is 280 g/mol. The second-order valence-electron chi connectivity index (χ2n) is 4.78. The molecule has 1 aromatic heterocycles.